The third kappa shape index (κ3) is 15.6. The van der Waals surface area contributed by atoms with E-state index < -0.39 is 0 Å². The van der Waals surface area contributed by atoms with Crippen molar-refractivity contribution in [3.05, 3.63) is 234 Å². The maximum atomic E-state index is 2.42. The van der Waals surface area contributed by atoms with Crippen molar-refractivity contribution in [2.45, 2.75) is 188 Å². The average molecular weight is 1210 g/mol. The quantitative estimate of drug-likeness (QED) is 0.114. The standard InChI is InChI=1S/C31H38N.C29H34N.C28H34N/c1-24-8-4-5-9-29(24)30-23-28(16-21-32(30)2)27-12-10-25(11-13-27)22-26-14-19-31(20-15-26)17-6-3-7-18-31;1-22-7-3-4-8-27(22)28-21-26(15-20-30(28)2)24-11-9-23(10-12-24)25-13-18-29(19-14-25)16-5-6-17-29;1-21-7-5-6-8-26(21)27-20-25(15-18-29(27)4)24-11-9-22(10-12-24)19-23-13-16-28(2,3)17-14-23/h4-5,8-13,16,21,23,26H,3,6-7,14-15,17-20,22H2,1-2H3;3-4,7-12,15,20-21,25H,5-6,13-14,16-19H2,1-2H3;5-12,15,18,20,23H,13-14,16-17,19H2,1-4H3/q3*+1. The maximum absolute atomic E-state index is 2.42. The van der Waals surface area contributed by atoms with Crippen molar-refractivity contribution >= 4 is 0 Å². The maximum Gasteiger partial charge on any atom is 0.213 e. The van der Waals surface area contributed by atoms with Gasteiger partial charge < -0.3 is 0 Å². The number of aryl methyl sites for hydroxylation is 6. The molecule has 5 fully saturated rings. The Bertz CT molecular complexity index is 3840. The fourth-order valence-electron chi connectivity index (χ4n) is 17.1. The molecule has 5 aliphatic carbocycles. The largest absolute Gasteiger partial charge is 0.213 e. The van der Waals surface area contributed by atoms with Gasteiger partial charge in [-0.05, 0) is 255 Å². The lowest BCUT2D eigenvalue weighted by Gasteiger charge is -2.43. The third-order valence-electron chi connectivity index (χ3n) is 23.3. The SMILES string of the molecule is Cc1ccccc1-c1cc(-c2ccc(C3CCC4(CCCC4)CC3)cc2)cc[n+]1C.Cc1ccccc1-c1cc(-c2ccc(CC3CCC(C)(C)CC3)cc2)cc[n+]1C.Cc1ccccc1-c1cc(-c2ccc(CC3CCC4(CCCCC4)CC3)cc2)cc[n+]1C. The molecule has 3 heterocycles. The Labute approximate surface area is 549 Å². The van der Waals surface area contributed by atoms with E-state index in [1.54, 1.807) is 5.56 Å². The van der Waals surface area contributed by atoms with Gasteiger partial charge in [-0.1, -0.05) is 173 Å². The number of nitrogens with zero attached hydrogens (tertiary/aromatic N) is 3. The van der Waals surface area contributed by atoms with Crippen molar-refractivity contribution < 1.29 is 13.7 Å². The molecule has 6 aromatic carbocycles. The summed E-state index contributed by atoms with van der Waals surface area (Å²) in [5, 5.41) is 0. The van der Waals surface area contributed by atoms with Crippen LogP contribution in [0.5, 0.6) is 0 Å². The molecule has 0 aliphatic heterocycles. The Morgan fingerprint density at radius 2 is 0.648 bits per heavy atom. The highest BCUT2D eigenvalue weighted by Crippen LogP contribution is 2.53. The minimum Gasteiger partial charge on any atom is -0.201 e. The zero-order valence-corrected chi connectivity index (χ0v) is 56.9. The predicted octanol–water partition coefficient (Wildman–Crippen LogP) is 22.1. The van der Waals surface area contributed by atoms with Gasteiger partial charge in [0.05, 0.1) is 0 Å². The second-order valence-corrected chi connectivity index (χ2v) is 30.2. The summed E-state index contributed by atoms with van der Waals surface area (Å²) in [5.41, 5.74) is 26.0. The molecular formula is C88H106N3+3. The highest BCUT2D eigenvalue weighted by molar-refractivity contribution is 5.73. The number of hydrogen-bond donors (Lipinski definition) is 0. The van der Waals surface area contributed by atoms with Gasteiger partial charge in [0.15, 0.2) is 18.6 Å². The lowest BCUT2D eigenvalue weighted by Crippen LogP contribution is -2.30. The van der Waals surface area contributed by atoms with E-state index in [4.69, 9.17) is 0 Å². The fourth-order valence-corrected chi connectivity index (χ4v) is 17.1. The predicted molar refractivity (Wildman–Crippen MR) is 382 cm³/mol. The summed E-state index contributed by atoms with van der Waals surface area (Å²) in [5.74, 6) is 2.51. The molecule has 0 unspecified atom stereocenters. The van der Waals surface area contributed by atoms with E-state index in [1.165, 1.54) is 243 Å². The first-order valence-electron chi connectivity index (χ1n) is 35.6. The number of pyridine rings is 3. The van der Waals surface area contributed by atoms with Crippen molar-refractivity contribution in [2.24, 2.45) is 49.2 Å². The van der Waals surface area contributed by atoms with E-state index in [0.717, 1.165) is 28.6 Å². The van der Waals surface area contributed by atoms with Gasteiger partial charge in [-0.2, -0.15) is 0 Å². The molecule has 0 N–H and O–H groups in total. The van der Waals surface area contributed by atoms with Crippen LogP contribution in [0.4, 0.5) is 0 Å². The first-order chi connectivity index (χ1) is 44.2. The smallest absolute Gasteiger partial charge is 0.201 e. The average Bonchev–Trinajstić information content (AvgIpc) is 1.50. The lowest BCUT2D eigenvalue weighted by molar-refractivity contribution is -0.660. The third-order valence-corrected chi connectivity index (χ3v) is 23.3. The topological polar surface area (TPSA) is 11.6 Å². The van der Waals surface area contributed by atoms with Crippen LogP contribution in [0.1, 0.15) is 188 Å². The molecule has 3 aromatic heterocycles. The van der Waals surface area contributed by atoms with E-state index >= 15 is 0 Å². The Hall–Kier alpha value is -7.23. The molecule has 5 saturated carbocycles. The van der Waals surface area contributed by atoms with Crippen molar-refractivity contribution in [1.29, 1.82) is 0 Å². The summed E-state index contributed by atoms with van der Waals surface area (Å²) in [6, 6.07) is 67.8. The van der Waals surface area contributed by atoms with Crippen LogP contribution in [-0.4, -0.2) is 0 Å². The second kappa shape index (κ2) is 28.7. The van der Waals surface area contributed by atoms with E-state index in [1.807, 2.05) is 0 Å². The van der Waals surface area contributed by atoms with Crippen molar-refractivity contribution in [1.82, 2.24) is 0 Å². The summed E-state index contributed by atoms with van der Waals surface area (Å²) in [6.07, 6.45) is 39.5. The van der Waals surface area contributed by atoms with E-state index in [0.29, 0.717) is 5.41 Å². The monoisotopic (exact) mass is 1200 g/mol. The molecular weight excluding hydrogens is 1100 g/mol. The molecule has 0 amide bonds. The second-order valence-electron chi connectivity index (χ2n) is 30.2. The molecule has 0 radical (unpaired) electrons. The molecule has 14 rings (SSSR count). The zero-order chi connectivity index (χ0) is 63.0. The molecule has 91 heavy (non-hydrogen) atoms. The number of hydrogen-bond acceptors (Lipinski definition) is 0. The highest BCUT2D eigenvalue weighted by atomic mass is 14.9. The number of aromatic nitrogens is 3. The summed E-state index contributed by atoms with van der Waals surface area (Å²) in [7, 11) is 6.39. The minimum absolute atomic E-state index is 0.554. The van der Waals surface area contributed by atoms with Crippen LogP contribution in [0.2, 0.25) is 0 Å². The highest BCUT2D eigenvalue weighted by Gasteiger charge is 2.38. The lowest BCUT2D eigenvalue weighted by atomic mass is 9.63. The Morgan fingerprint density at radius 3 is 1.01 bits per heavy atom. The number of benzene rings is 6. The zero-order valence-electron chi connectivity index (χ0n) is 56.9. The van der Waals surface area contributed by atoms with Gasteiger partial charge in [0.25, 0.3) is 0 Å². The summed E-state index contributed by atoms with van der Waals surface area (Å²) >= 11 is 0. The van der Waals surface area contributed by atoms with Crippen LogP contribution in [0.15, 0.2) is 201 Å². The van der Waals surface area contributed by atoms with Crippen LogP contribution >= 0.6 is 0 Å². The molecule has 0 saturated heterocycles. The van der Waals surface area contributed by atoms with Gasteiger partial charge in [0.2, 0.25) is 17.1 Å². The van der Waals surface area contributed by atoms with Crippen molar-refractivity contribution in [3.8, 4) is 67.2 Å². The molecule has 9 aromatic rings. The normalized spacial score (nSPS) is 18.1. The summed E-state index contributed by atoms with van der Waals surface area (Å²) in [4.78, 5) is 0. The first kappa shape index (κ1) is 63.9. The molecule has 2 spiro atoms. The van der Waals surface area contributed by atoms with Gasteiger partial charge in [0.1, 0.15) is 21.1 Å². The van der Waals surface area contributed by atoms with Gasteiger partial charge in [-0.25, -0.2) is 13.7 Å². The van der Waals surface area contributed by atoms with Crippen molar-refractivity contribution in [3.63, 3.8) is 0 Å². The van der Waals surface area contributed by atoms with Crippen LogP contribution < -0.4 is 13.7 Å². The minimum atomic E-state index is 0.554. The van der Waals surface area contributed by atoms with Gasteiger partial charge in [-0.15, -0.1) is 0 Å². The van der Waals surface area contributed by atoms with Crippen LogP contribution in [0.25, 0.3) is 67.2 Å². The molecule has 3 nitrogen and oxygen atoms in total. The van der Waals surface area contributed by atoms with E-state index in [9.17, 15) is 0 Å². The molecule has 0 bridgehead atoms. The Kier molecular flexibility index (Phi) is 20.2. The molecule has 5 aliphatic rings. The Morgan fingerprint density at radius 1 is 0.330 bits per heavy atom. The summed E-state index contributed by atoms with van der Waals surface area (Å²) in [6.45, 7) is 11.4. The fraction of sp³-hybridized carbons (Fsp3) is 0.420. The molecule has 0 atom stereocenters. The first-order valence-corrected chi connectivity index (χ1v) is 35.6. The van der Waals surface area contributed by atoms with Crippen molar-refractivity contribution in [2.75, 3.05) is 0 Å². The number of rotatable bonds is 11. The van der Waals surface area contributed by atoms with Gasteiger partial charge >= 0.3 is 0 Å². The summed E-state index contributed by atoms with van der Waals surface area (Å²) < 4.78 is 6.66. The van der Waals surface area contributed by atoms with E-state index in [-0.39, 0.29) is 0 Å². The Balaban J connectivity index is 0.000000132. The molecule has 470 valence electrons. The van der Waals surface area contributed by atoms with Crippen LogP contribution in [0, 0.1) is 48.9 Å². The van der Waals surface area contributed by atoms with Crippen LogP contribution in [-0.2, 0) is 34.0 Å². The van der Waals surface area contributed by atoms with Gasteiger partial charge in [-0.3, -0.25) is 0 Å². The van der Waals surface area contributed by atoms with Crippen LogP contribution in [0.3, 0.4) is 0 Å². The van der Waals surface area contributed by atoms with E-state index in [2.05, 4.69) is 270 Å². The molecule has 3 heteroatoms. The van der Waals surface area contributed by atoms with Gasteiger partial charge in [0, 0.05) is 53.1 Å².